The summed E-state index contributed by atoms with van der Waals surface area (Å²) >= 11 is 38.0. The summed E-state index contributed by atoms with van der Waals surface area (Å²) in [6, 6.07) is 23.6. The zero-order chi connectivity index (χ0) is 79.0. The first-order chi connectivity index (χ1) is 51.5. The number of hydrogen-bond donors (Lipinski definition) is 13. The lowest BCUT2D eigenvalue weighted by molar-refractivity contribution is 0.00778. The molecule has 0 bridgehead atoms. The molecule has 3 fully saturated rings. The third kappa shape index (κ3) is 22.8. The largest absolute Gasteiger partial charge is 0.393 e. The summed E-state index contributed by atoms with van der Waals surface area (Å²) < 4.78 is 82.1. The Labute approximate surface area is 669 Å². The van der Waals surface area contributed by atoms with E-state index < -0.39 is 110 Å². The fraction of sp³-hybridized carbons (Fsp3) is 0.318. The Morgan fingerprint density at radius 2 is 0.862 bits per heavy atom. The summed E-state index contributed by atoms with van der Waals surface area (Å²) in [7, 11) is -12.4. The van der Waals surface area contributed by atoms with Gasteiger partial charge in [-0.3, -0.25) is 26.9 Å². The van der Waals surface area contributed by atoms with E-state index in [1.165, 1.54) is 37.6 Å². The van der Waals surface area contributed by atoms with E-state index >= 15 is 0 Å². The first-order valence-electron chi connectivity index (χ1n) is 32.4. The normalized spacial score (nSPS) is 21.5. The summed E-state index contributed by atoms with van der Waals surface area (Å²) in [6.45, 7) is -0.893. The average molecular weight is 1780 g/mol. The second kappa shape index (κ2) is 37.1. The van der Waals surface area contributed by atoms with Gasteiger partial charge in [0.25, 0.3) is 0 Å². The number of aliphatic hydroxyl groups is 5. The number of nitrogens with zero attached hydrogens (tertiary/aromatic N) is 6. The molecule has 6 heterocycles. The Morgan fingerprint density at radius 3 is 1.26 bits per heavy atom. The van der Waals surface area contributed by atoms with Gasteiger partial charge in [0.2, 0.25) is 17.3 Å². The SMILES string of the molecule is NC(c1cccc(Cl)c1)c1cc(C(=O)c2cncnc2N[C@@H]2C[C@H](COS(N)(=O)=O)[C@@H](O)C2)sc1Cl.NC(c1cccc(Cl)c1)c1cc(C(=O)c2cncnc2N[C@@H]2C[C@H](COS(N)(=O)=O)[C@@H](O)[C@H]2O)sc1Cl.NS(=O)(=O)OC[C@H]1C[C@@H](Nc2ncncc2C(=O)c2cc(C(O)c3cccc(Br)c3)c(Cl)s2)C[C@@H]1O. The van der Waals surface area contributed by atoms with Crippen molar-refractivity contribution in [3.63, 3.8) is 0 Å². The molecule has 0 radical (unpaired) electrons. The molecule has 12 rings (SSSR count). The van der Waals surface area contributed by atoms with Crippen LogP contribution in [0, 0.1) is 17.8 Å². The second-order valence-electron chi connectivity index (χ2n) is 25.2. The molecule has 18 N–H and O–H groups in total. The fourth-order valence-corrected chi connectivity index (χ4v) is 18.1. The lowest BCUT2D eigenvalue weighted by atomic mass is 10.0. The highest BCUT2D eigenvalue weighted by molar-refractivity contribution is 9.10. The first kappa shape index (κ1) is 85.1. The van der Waals surface area contributed by atoms with Gasteiger partial charge in [0.1, 0.15) is 48.6 Å². The minimum Gasteiger partial charge on any atom is -0.393 e. The number of hydrogen-bond acceptors (Lipinski definition) is 31. The maximum atomic E-state index is 13.4. The summed E-state index contributed by atoms with van der Waals surface area (Å²) in [5.74, 6) is -2.13. The van der Waals surface area contributed by atoms with Gasteiger partial charge < -0.3 is 53.0 Å². The van der Waals surface area contributed by atoms with Crippen LogP contribution in [0.15, 0.2) is 133 Å². The van der Waals surface area contributed by atoms with Gasteiger partial charge in [-0.1, -0.05) is 110 Å². The Morgan fingerprint density at radius 1 is 0.495 bits per heavy atom. The molecule has 43 heteroatoms. The molecule has 3 unspecified atom stereocenters. The monoisotopic (exact) mass is 1770 g/mol. The fourth-order valence-electron chi connectivity index (χ4n) is 12.3. The third-order valence-corrected chi connectivity index (χ3v) is 24.2. The third-order valence-electron chi connectivity index (χ3n) is 17.7. The highest BCUT2D eigenvalue weighted by Gasteiger charge is 2.43. The van der Waals surface area contributed by atoms with Crippen LogP contribution in [-0.4, -0.2) is 160 Å². The van der Waals surface area contributed by atoms with Gasteiger partial charge in [0, 0.05) is 79.6 Å². The van der Waals surface area contributed by atoms with Crippen LogP contribution in [0.5, 0.6) is 0 Å². The van der Waals surface area contributed by atoms with Crippen LogP contribution in [0.2, 0.25) is 23.1 Å². The van der Waals surface area contributed by atoms with Gasteiger partial charge in [-0.2, -0.15) is 25.3 Å². The van der Waals surface area contributed by atoms with Crippen molar-refractivity contribution in [1.82, 2.24) is 29.9 Å². The summed E-state index contributed by atoms with van der Waals surface area (Å²) in [4.78, 5) is 65.5. The minimum atomic E-state index is -4.21. The number of halogens is 6. The highest BCUT2D eigenvalue weighted by atomic mass is 79.9. The van der Waals surface area contributed by atoms with Gasteiger partial charge in [-0.15, -0.1) is 34.0 Å². The van der Waals surface area contributed by atoms with Crippen molar-refractivity contribution >= 4 is 174 Å². The van der Waals surface area contributed by atoms with E-state index in [4.69, 9.17) is 84.9 Å². The van der Waals surface area contributed by atoms with Crippen LogP contribution in [0.3, 0.4) is 0 Å². The highest BCUT2D eigenvalue weighted by Crippen LogP contribution is 2.42. The van der Waals surface area contributed by atoms with E-state index in [0.29, 0.717) is 81.3 Å². The molecule has 0 spiro atoms. The average Bonchev–Trinajstić information content (AvgIpc) is 1.68. The van der Waals surface area contributed by atoms with Crippen molar-refractivity contribution in [3.05, 3.63) is 221 Å². The maximum Gasteiger partial charge on any atom is 0.333 e. The van der Waals surface area contributed by atoms with E-state index in [2.05, 4.69) is 74.3 Å². The molecular weight excluding hydrogens is 1710 g/mol. The molecule has 9 aromatic rings. The Hall–Kier alpha value is -6.33. The van der Waals surface area contributed by atoms with Crippen LogP contribution < -0.4 is 42.8 Å². The van der Waals surface area contributed by atoms with Crippen molar-refractivity contribution in [1.29, 1.82) is 0 Å². The van der Waals surface area contributed by atoms with E-state index in [-0.39, 0.29) is 81.8 Å². The lowest BCUT2D eigenvalue weighted by Crippen LogP contribution is -2.36. The predicted octanol–water partition coefficient (Wildman–Crippen LogP) is 7.80. The molecule has 3 aromatic carbocycles. The zero-order valence-corrected chi connectivity index (χ0v) is 66.5. The Bertz CT molecular complexity index is 4930. The van der Waals surface area contributed by atoms with Crippen molar-refractivity contribution in [2.45, 2.75) is 92.8 Å². The summed E-state index contributed by atoms with van der Waals surface area (Å²) in [6.07, 6.45) is 4.18. The number of rotatable bonds is 27. The van der Waals surface area contributed by atoms with Gasteiger partial charge >= 0.3 is 30.9 Å². The molecule has 31 nitrogen and oxygen atoms in total. The van der Waals surface area contributed by atoms with Gasteiger partial charge in [0.15, 0.2) is 0 Å². The minimum absolute atomic E-state index is 0.106. The number of aliphatic hydroxyl groups excluding tert-OH is 5. The van der Waals surface area contributed by atoms with Gasteiger partial charge in [-0.25, -0.2) is 45.3 Å². The molecule has 3 aliphatic carbocycles. The number of carbonyl (C=O) groups excluding carboxylic acids is 3. The van der Waals surface area contributed by atoms with Crippen LogP contribution >= 0.6 is 108 Å². The molecule has 0 amide bonds. The molecule has 0 aliphatic heterocycles. The number of thiophene rings is 3. The summed E-state index contributed by atoms with van der Waals surface area (Å²) in [5.41, 5.74) is 16.9. The van der Waals surface area contributed by atoms with Crippen molar-refractivity contribution < 1.29 is 77.7 Å². The van der Waals surface area contributed by atoms with E-state index in [1.807, 2.05) is 18.2 Å². The van der Waals surface area contributed by atoms with E-state index in [0.717, 1.165) is 49.6 Å². The van der Waals surface area contributed by atoms with Crippen LogP contribution in [0.25, 0.3) is 0 Å². The zero-order valence-electron chi connectivity index (χ0n) is 56.2. The second-order valence-corrected chi connectivity index (χ2v) is 35.6. The summed E-state index contributed by atoms with van der Waals surface area (Å²) in [5, 5.41) is 77.1. The van der Waals surface area contributed by atoms with Crippen LogP contribution in [0.1, 0.15) is 129 Å². The molecule has 3 aliphatic rings. The number of ketones is 3. The lowest BCUT2D eigenvalue weighted by Gasteiger charge is -2.19. The molecular formula is C66H68BrCl5N14O17S6. The first-order valence-corrected chi connectivity index (χ1v) is 41.9. The topological polar surface area (TPSA) is 526 Å². The molecule has 0 saturated heterocycles. The predicted molar refractivity (Wildman–Crippen MR) is 415 cm³/mol. The Balaban J connectivity index is 0.000000174. The number of aromatic nitrogens is 6. The van der Waals surface area contributed by atoms with Gasteiger partial charge in [-0.05, 0) is 103 Å². The van der Waals surface area contributed by atoms with E-state index in [9.17, 15) is 65.2 Å². The molecule has 13 atom stereocenters. The van der Waals surface area contributed by atoms with E-state index in [1.54, 1.807) is 72.8 Å². The number of nitrogens with two attached hydrogens (primary N) is 5. The molecule has 582 valence electrons. The maximum absolute atomic E-state index is 13.4. The standard InChI is InChI=1S/C22H22BrClN4O6S2.C22H23Cl2N5O6S2.C22H23Cl2N5O5S2/c23-13-3-1-2-11(4-13)19(30)15-7-18(35-21(15)24)20(31)16-8-26-10-27-22(16)28-14-5-12(17(29)6-14)9-34-36(25,32)33;23-12-3-1-2-10(4-12)17(25)13-6-16(36-21(13)24)19(31)14-7-27-9-28-22(14)29-15-5-11(18(30)20(15)32)8-35-37(26,33)34;23-13-3-1-2-11(4-13)19(25)15-7-18(35-21(15)24)20(31)16-8-27-10-28-22(16)29-14-5-12(17(30)6-14)9-34-36(26,32)33/h1-4,7-8,10,12,14,17,19,29-30H,5-6,9H2,(H2,25,32,33)(H,26,27,28);1-4,6-7,9,11,15,17-18,20,30,32H,5,8,25H2,(H2,26,33,34)(H,27,28,29);1-4,7-8,10,12,14,17,19,30H,5-6,9,25H2,(H2,26,32,33)(H,27,28,29)/t12-,14-,17+,19?;11-,15-,17?,18-,20+;12-,14-,17+,19?/m111/s1. The van der Waals surface area contributed by atoms with Crippen molar-refractivity contribution in [3.8, 4) is 0 Å². The Kier molecular flexibility index (Phi) is 29.0. The van der Waals surface area contributed by atoms with Gasteiger partial charge in [0.05, 0.1) is 101 Å². The van der Waals surface area contributed by atoms with Crippen molar-refractivity contribution in [2.24, 2.45) is 44.6 Å². The quantitative estimate of drug-likeness (QED) is 0.0218. The molecule has 3 saturated carbocycles. The van der Waals surface area contributed by atoms with Crippen molar-refractivity contribution in [2.75, 3.05) is 35.8 Å². The molecule has 6 aromatic heterocycles. The van der Waals surface area contributed by atoms with Crippen LogP contribution in [-0.2, 0) is 43.5 Å². The van der Waals surface area contributed by atoms with Crippen LogP contribution in [0.4, 0.5) is 17.5 Å². The number of benzene rings is 3. The number of nitrogens with one attached hydrogen (secondary N) is 3. The number of carbonyl (C=O) groups is 3. The molecule has 109 heavy (non-hydrogen) atoms. The smallest absolute Gasteiger partial charge is 0.333 e. The number of anilines is 3.